The Labute approximate surface area is 132 Å². The maximum atomic E-state index is 11.8. The van der Waals surface area contributed by atoms with Crippen molar-refractivity contribution >= 4 is 29.1 Å². The summed E-state index contributed by atoms with van der Waals surface area (Å²) in [6.07, 6.45) is 1.52. The van der Waals surface area contributed by atoms with Crippen molar-refractivity contribution in [2.75, 3.05) is 11.4 Å². The molecule has 1 saturated heterocycles. The molecule has 3 rings (SSSR count). The molecule has 0 saturated carbocycles. The van der Waals surface area contributed by atoms with Gasteiger partial charge < -0.3 is 14.6 Å². The summed E-state index contributed by atoms with van der Waals surface area (Å²) in [6, 6.07) is 10.6. The van der Waals surface area contributed by atoms with Crippen LogP contribution < -0.4 is 10.2 Å². The van der Waals surface area contributed by atoms with E-state index in [1.165, 1.54) is 12.1 Å². The molecule has 1 fully saturated rings. The van der Waals surface area contributed by atoms with Crippen LogP contribution in [0.4, 0.5) is 5.69 Å². The van der Waals surface area contributed by atoms with E-state index in [0.29, 0.717) is 13.0 Å². The molecule has 22 heavy (non-hydrogen) atoms. The van der Waals surface area contributed by atoms with Gasteiger partial charge in [0.15, 0.2) is 11.0 Å². The van der Waals surface area contributed by atoms with Gasteiger partial charge in [-0.05, 0) is 47.9 Å². The minimum absolute atomic E-state index is 0.163. The van der Waals surface area contributed by atoms with E-state index < -0.39 is 0 Å². The van der Waals surface area contributed by atoms with E-state index >= 15 is 0 Å². The van der Waals surface area contributed by atoms with Crippen LogP contribution in [0.5, 0.6) is 0 Å². The molecule has 5 nitrogen and oxygen atoms in total. The molecule has 1 aromatic heterocycles. The van der Waals surface area contributed by atoms with Gasteiger partial charge in [0.05, 0.1) is 0 Å². The SMILES string of the molecule is O=C(NCc1ccc(N2CCCC2=O)cc1)c1ccc(Cl)o1. The lowest BCUT2D eigenvalue weighted by Crippen LogP contribution is -2.24. The van der Waals surface area contributed by atoms with Crippen LogP contribution in [0.15, 0.2) is 40.8 Å². The van der Waals surface area contributed by atoms with Crippen LogP contribution in [0, 0.1) is 0 Å². The number of anilines is 1. The highest BCUT2D eigenvalue weighted by Crippen LogP contribution is 2.21. The first-order valence-corrected chi connectivity index (χ1v) is 7.44. The smallest absolute Gasteiger partial charge is 0.287 e. The molecule has 2 amide bonds. The number of carbonyl (C=O) groups is 2. The summed E-state index contributed by atoms with van der Waals surface area (Å²) in [4.78, 5) is 25.3. The topological polar surface area (TPSA) is 62.6 Å². The zero-order chi connectivity index (χ0) is 15.5. The van der Waals surface area contributed by atoms with Gasteiger partial charge in [-0.25, -0.2) is 0 Å². The standard InChI is InChI=1S/C16H15ClN2O3/c17-14-8-7-13(22-14)16(21)18-10-11-3-5-12(6-4-11)19-9-1-2-15(19)20/h3-8H,1-2,9-10H2,(H,18,21). The maximum absolute atomic E-state index is 11.8. The molecule has 1 aromatic carbocycles. The minimum Gasteiger partial charge on any atom is -0.440 e. The number of rotatable bonds is 4. The van der Waals surface area contributed by atoms with Crippen molar-refractivity contribution < 1.29 is 14.0 Å². The summed E-state index contributed by atoms with van der Waals surface area (Å²) >= 11 is 5.63. The fraction of sp³-hybridized carbons (Fsp3) is 0.250. The van der Waals surface area contributed by atoms with Crippen molar-refractivity contribution in [3.05, 3.63) is 52.9 Å². The number of halogens is 1. The normalized spacial score (nSPS) is 14.4. The Hall–Kier alpha value is -2.27. The molecule has 2 aromatic rings. The number of carbonyl (C=O) groups excluding carboxylic acids is 2. The van der Waals surface area contributed by atoms with Crippen LogP contribution >= 0.6 is 11.6 Å². The Bertz CT molecular complexity index is 694. The second kappa shape index (κ2) is 6.23. The van der Waals surface area contributed by atoms with Crippen LogP contribution in [0.25, 0.3) is 0 Å². The predicted octanol–water partition coefficient (Wildman–Crippen LogP) is 2.99. The van der Waals surface area contributed by atoms with Crippen LogP contribution in [0.3, 0.4) is 0 Å². The molecule has 0 spiro atoms. The Morgan fingerprint density at radius 3 is 2.59 bits per heavy atom. The largest absolute Gasteiger partial charge is 0.440 e. The molecule has 1 aliphatic rings. The number of nitrogens with zero attached hydrogens (tertiary/aromatic N) is 1. The maximum Gasteiger partial charge on any atom is 0.287 e. The fourth-order valence-electron chi connectivity index (χ4n) is 2.42. The van der Waals surface area contributed by atoms with Crippen LogP contribution in [0.2, 0.25) is 5.22 Å². The third kappa shape index (κ3) is 3.14. The molecule has 0 aliphatic carbocycles. The van der Waals surface area contributed by atoms with E-state index in [4.69, 9.17) is 16.0 Å². The van der Waals surface area contributed by atoms with Crippen molar-refractivity contribution in [3.63, 3.8) is 0 Å². The highest BCUT2D eigenvalue weighted by molar-refractivity contribution is 6.29. The minimum atomic E-state index is -0.314. The van der Waals surface area contributed by atoms with E-state index in [0.717, 1.165) is 24.2 Å². The second-order valence-electron chi connectivity index (χ2n) is 5.10. The Kier molecular flexibility index (Phi) is 4.15. The van der Waals surface area contributed by atoms with Crippen LogP contribution in [-0.2, 0) is 11.3 Å². The van der Waals surface area contributed by atoms with E-state index in [-0.39, 0.29) is 22.8 Å². The zero-order valence-corrected chi connectivity index (χ0v) is 12.6. The van der Waals surface area contributed by atoms with Gasteiger partial charge in [0, 0.05) is 25.2 Å². The number of furan rings is 1. The third-order valence-corrected chi connectivity index (χ3v) is 3.77. The zero-order valence-electron chi connectivity index (χ0n) is 11.8. The van der Waals surface area contributed by atoms with E-state index in [2.05, 4.69) is 5.32 Å². The number of hydrogen-bond donors (Lipinski definition) is 1. The predicted molar refractivity (Wildman–Crippen MR) is 82.9 cm³/mol. The molecule has 2 heterocycles. The van der Waals surface area contributed by atoms with Gasteiger partial charge >= 0.3 is 0 Å². The summed E-state index contributed by atoms with van der Waals surface area (Å²) in [6.45, 7) is 1.15. The monoisotopic (exact) mass is 318 g/mol. The number of hydrogen-bond acceptors (Lipinski definition) is 3. The molecule has 6 heteroatoms. The number of amides is 2. The molecule has 0 unspecified atom stereocenters. The molecule has 1 aliphatic heterocycles. The average Bonchev–Trinajstić information content (AvgIpc) is 3.14. The van der Waals surface area contributed by atoms with Gasteiger partial charge in [0.2, 0.25) is 5.91 Å². The second-order valence-corrected chi connectivity index (χ2v) is 5.47. The average molecular weight is 319 g/mol. The van der Waals surface area contributed by atoms with Gasteiger partial charge in [-0.2, -0.15) is 0 Å². The summed E-state index contributed by atoms with van der Waals surface area (Å²) < 4.78 is 5.04. The molecule has 0 radical (unpaired) electrons. The van der Waals surface area contributed by atoms with Crippen molar-refractivity contribution in [1.82, 2.24) is 5.32 Å². The van der Waals surface area contributed by atoms with Crippen molar-refractivity contribution in [2.45, 2.75) is 19.4 Å². The first kappa shape index (κ1) is 14.7. The first-order valence-electron chi connectivity index (χ1n) is 7.06. The molecular formula is C16H15ClN2O3. The van der Waals surface area contributed by atoms with Gasteiger partial charge in [0.25, 0.3) is 5.91 Å². The molecule has 114 valence electrons. The summed E-state index contributed by atoms with van der Waals surface area (Å²) in [7, 11) is 0. The van der Waals surface area contributed by atoms with Crippen molar-refractivity contribution in [3.8, 4) is 0 Å². The quantitative estimate of drug-likeness (QED) is 0.942. The fourth-order valence-corrected chi connectivity index (χ4v) is 2.57. The third-order valence-electron chi connectivity index (χ3n) is 3.57. The van der Waals surface area contributed by atoms with Gasteiger partial charge in [-0.1, -0.05) is 12.1 Å². The van der Waals surface area contributed by atoms with Crippen LogP contribution in [0.1, 0.15) is 29.0 Å². The Balaban J connectivity index is 1.59. The molecule has 0 atom stereocenters. The molecular weight excluding hydrogens is 304 g/mol. The van der Waals surface area contributed by atoms with E-state index in [1.54, 1.807) is 4.90 Å². The van der Waals surface area contributed by atoms with Crippen molar-refractivity contribution in [1.29, 1.82) is 0 Å². The lowest BCUT2D eigenvalue weighted by Gasteiger charge is -2.16. The van der Waals surface area contributed by atoms with E-state index in [1.807, 2.05) is 24.3 Å². The Morgan fingerprint density at radius 1 is 1.23 bits per heavy atom. The van der Waals surface area contributed by atoms with Gasteiger partial charge in [-0.3, -0.25) is 9.59 Å². The molecule has 1 N–H and O–H groups in total. The lowest BCUT2D eigenvalue weighted by atomic mass is 10.2. The Morgan fingerprint density at radius 2 is 2.00 bits per heavy atom. The summed E-state index contributed by atoms with van der Waals surface area (Å²) in [5, 5.41) is 2.94. The lowest BCUT2D eigenvalue weighted by molar-refractivity contribution is -0.117. The van der Waals surface area contributed by atoms with E-state index in [9.17, 15) is 9.59 Å². The number of benzene rings is 1. The van der Waals surface area contributed by atoms with Gasteiger partial charge in [-0.15, -0.1) is 0 Å². The summed E-state index contributed by atoms with van der Waals surface area (Å²) in [5.41, 5.74) is 1.84. The van der Waals surface area contributed by atoms with Crippen molar-refractivity contribution in [2.24, 2.45) is 0 Å². The summed E-state index contributed by atoms with van der Waals surface area (Å²) in [5.74, 6) is 0.0331. The van der Waals surface area contributed by atoms with Gasteiger partial charge in [0.1, 0.15) is 0 Å². The number of nitrogens with one attached hydrogen (secondary N) is 1. The molecule has 0 bridgehead atoms. The highest BCUT2D eigenvalue weighted by Gasteiger charge is 2.21. The van der Waals surface area contributed by atoms with Crippen LogP contribution in [-0.4, -0.2) is 18.4 Å². The highest BCUT2D eigenvalue weighted by atomic mass is 35.5. The first-order chi connectivity index (χ1) is 10.6.